The second kappa shape index (κ2) is 29.4. The van der Waals surface area contributed by atoms with Crippen molar-refractivity contribution < 1.29 is 28.7 Å². The van der Waals surface area contributed by atoms with Gasteiger partial charge in [-0.15, -0.1) is 0 Å². The van der Waals surface area contributed by atoms with Gasteiger partial charge in [0.05, 0.1) is 41.9 Å². The Bertz CT molecular complexity index is 2030. The number of fused-ring (bicyclic) bond motifs is 1. The Morgan fingerprint density at radius 2 is 1.56 bits per heavy atom. The van der Waals surface area contributed by atoms with E-state index >= 15 is 0 Å². The number of carbonyl (C=O) groups is 5. The predicted molar refractivity (Wildman–Crippen MR) is 253 cm³/mol. The Morgan fingerprint density at radius 1 is 0.921 bits per heavy atom. The number of anilines is 1. The number of amides is 4. The van der Waals surface area contributed by atoms with E-state index in [2.05, 4.69) is 73.8 Å². The molecule has 16 heteroatoms. The molecule has 5 aromatic rings. The molecular formula is C47H69N9O6S. The van der Waals surface area contributed by atoms with Crippen LogP contribution in [0, 0.1) is 0 Å². The maximum Gasteiger partial charge on any atom is 0.293 e. The Morgan fingerprint density at radius 3 is 2.08 bits per heavy atom. The Kier molecular flexibility index (Phi) is 24.9. The topological polar surface area (TPSA) is 183 Å². The molecule has 2 aliphatic heterocycles. The van der Waals surface area contributed by atoms with Crippen LogP contribution in [0.2, 0.25) is 0 Å². The molecule has 5 heterocycles. The van der Waals surface area contributed by atoms with E-state index in [1.54, 1.807) is 54.6 Å². The Hall–Kier alpha value is -5.87. The first-order chi connectivity index (χ1) is 30.5. The first kappa shape index (κ1) is 53.3. The minimum absolute atomic E-state index is 0.0301. The summed E-state index contributed by atoms with van der Waals surface area (Å²) in [4.78, 5) is 74.9. The molecule has 2 saturated heterocycles. The Labute approximate surface area is 377 Å². The van der Waals surface area contributed by atoms with Crippen molar-refractivity contribution in [2.45, 2.75) is 113 Å². The van der Waals surface area contributed by atoms with Crippen LogP contribution in [0.25, 0.3) is 26.7 Å². The van der Waals surface area contributed by atoms with E-state index in [0.29, 0.717) is 25.3 Å². The third-order valence-corrected chi connectivity index (χ3v) is 10.2. The molecule has 4 amide bonds. The molecule has 1 unspecified atom stereocenters. The highest BCUT2D eigenvalue weighted by Crippen LogP contribution is 2.31. The highest BCUT2D eigenvalue weighted by molar-refractivity contribution is 7.20. The number of hydrogen-bond acceptors (Lipinski definition) is 10. The molecule has 3 aromatic heterocycles. The molecule has 2 atom stereocenters. The van der Waals surface area contributed by atoms with Gasteiger partial charge in [-0.05, 0) is 63.3 Å². The fourth-order valence-corrected chi connectivity index (χ4v) is 7.34. The normalized spacial score (nSPS) is 14.1. The van der Waals surface area contributed by atoms with Gasteiger partial charge < -0.3 is 35.5 Å². The average molecular weight is 888 g/mol. The van der Waals surface area contributed by atoms with Crippen molar-refractivity contribution in [3.63, 3.8) is 0 Å². The lowest BCUT2D eigenvalue weighted by Crippen LogP contribution is -2.47. The molecule has 4 N–H and O–H groups in total. The van der Waals surface area contributed by atoms with Gasteiger partial charge in [-0.2, -0.15) is 0 Å². The molecular weight excluding hydrogens is 819 g/mol. The van der Waals surface area contributed by atoms with Crippen LogP contribution in [-0.4, -0.2) is 105 Å². The van der Waals surface area contributed by atoms with E-state index in [-0.39, 0.29) is 36.3 Å². The summed E-state index contributed by atoms with van der Waals surface area (Å²) in [5, 5.41) is 8.53. The summed E-state index contributed by atoms with van der Waals surface area (Å²) in [7, 11) is 1.76. The highest BCUT2D eigenvalue weighted by atomic mass is 32.1. The summed E-state index contributed by atoms with van der Waals surface area (Å²) >= 11 is 1.55. The number of aromatic nitrogens is 4. The number of thiazole rings is 1. The standard InChI is InChI=1S/C28H27N7O2S.C8H14N2O2.C4H8O2.C3H8.2C2H6/c1-29-25(20-6-3-2-4-7-20)27(37)35-13-5-8-22(35)26(36)32-24-16-34-15-23(38-28(34)33-24)19-11-9-18(10-12-19)21-14-30-17-31-21;1-7(11)9-6-8(12)10-4-2-3-5-10;1-4(2)6-3-5;1-3-2;2*1-2/h2-4,6-7,9-12,14-17,22,25,29H,5,8,13H2,1H3,(H,30,31)(H,32,36);2-6H2,1H3,(H,9,11);3-4H,1-2H3;3H2,1-2H3;2*1-2H3/t22-,25?;;;;;/m0...../s1. The maximum absolute atomic E-state index is 13.4. The van der Waals surface area contributed by atoms with Crippen molar-refractivity contribution in [2.24, 2.45) is 0 Å². The zero-order valence-electron chi connectivity index (χ0n) is 38.8. The number of likely N-dealkylation sites (tertiary alicyclic amines) is 2. The third kappa shape index (κ3) is 17.1. The molecule has 63 heavy (non-hydrogen) atoms. The second-order valence-electron chi connectivity index (χ2n) is 14.3. The van der Waals surface area contributed by atoms with Crippen molar-refractivity contribution in [2.75, 3.05) is 38.5 Å². The number of nitrogens with zero attached hydrogens (tertiary/aromatic N) is 5. The number of ether oxygens (including phenoxy) is 1. The van der Waals surface area contributed by atoms with Gasteiger partial charge in [0.25, 0.3) is 6.47 Å². The lowest BCUT2D eigenvalue weighted by atomic mass is 10.1. The van der Waals surface area contributed by atoms with Crippen molar-refractivity contribution in [1.29, 1.82) is 0 Å². The fourth-order valence-electron chi connectivity index (χ4n) is 6.36. The van der Waals surface area contributed by atoms with Crippen LogP contribution in [0.15, 0.2) is 79.5 Å². The van der Waals surface area contributed by atoms with Crippen LogP contribution in [0.1, 0.15) is 106 Å². The van der Waals surface area contributed by atoms with Crippen LogP contribution < -0.4 is 16.0 Å². The molecule has 0 saturated carbocycles. The number of likely N-dealkylation sites (N-methyl/N-ethyl adjacent to an activating group) is 1. The number of carbonyl (C=O) groups excluding carboxylic acids is 5. The molecule has 344 valence electrons. The zero-order valence-corrected chi connectivity index (χ0v) is 39.6. The van der Waals surface area contributed by atoms with Crippen LogP contribution in [-0.2, 0) is 28.7 Å². The molecule has 0 spiro atoms. The van der Waals surface area contributed by atoms with E-state index in [9.17, 15) is 24.0 Å². The second-order valence-corrected chi connectivity index (χ2v) is 15.3. The van der Waals surface area contributed by atoms with Crippen molar-refractivity contribution >= 4 is 52.2 Å². The van der Waals surface area contributed by atoms with Crippen LogP contribution >= 0.6 is 11.3 Å². The van der Waals surface area contributed by atoms with Crippen molar-refractivity contribution in [3.8, 4) is 21.7 Å². The van der Waals surface area contributed by atoms with Crippen molar-refractivity contribution in [3.05, 3.63) is 85.1 Å². The van der Waals surface area contributed by atoms with Gasteiger partial charge in [0.2, 0.25) is 23.6 Å². The minimum atomic E-state index is -0.522. The van der Waals surface area contributed by atoms with E-state index in [1.165, 1.54) is 13.3 Å². The molecule has 7 rings (SSSR count). The van der Waals surface area contributed by atoms with E-state index in [1.807, 2.05) is 74.8 Å². The van der Waals surface area contributed by atoms with E-state index in [0.717, 1.165) is 64.6 Å². The minimum Gasteiger partial charge on any atom is -0.465 e. The molecule has 0 bridgehead atoms. The number of benzene rings is 2. The van der Waals surface area contributed by atoms with Gasteiger partial charge in [-0.3, -0.25) is 28.4 Å². The smallest absolute Gasteiger partial charge is 0.293 e. The number of imidazole rings is 2. The van der Waals surface area contributed by atoms with Gasteiger partial charge in [-0.1, -0.05) is 114 Å². The van der Waals surface area contributed by atoms with Gasteiger partial charge in [0.1, 0.15) is 12.1 Å². The summed E-state index contributed by atoms with van der Waals surface area (Å²) in [6.45, 7) is 20.1. The number of hydrogen-bond donors (Lipinski definition) is 4. The van der Waals surface area contributed by atoms with Crippen molar-refractivity contribution in [1.82, 2.24) is 39.8 Å². The van der Waals surface area contributed by atoms with E-state index in [4.69, 9.17) is 0 Å². The summed E-state index contributed by atoms with van der Waals surface area (Å²) in [5.74, 6) is 0.0599. The first-order valence-electron chi connectivity index (χ1n) is 22.0. The summed E-state index contributed by atoms with van der Waals surface area (Å²) in [5.41, 5.74) is 4.02. The SMILES string of the molecule is CC.CC.CC(=O)NCC(=O)N1CCCC1.CC(C)OC=O.CCC.CNC(C(=O)N1CCC[C@H]1C(=O)Nc1cn2cc(-c3ccc(-c4cnc[nH]4)cc3)sc2n1)c1ccccc1. The quantitative estimate of drug-likeness (QED) is 0.0952. The molecule has 2 aromatic carbocycles. The predicted octanol–water partition coefficient (Wildman–Crippen LogP) is 8.12. The summed E-state index contributed by atoms with van der Waals surface area (Å²) in [6.07, 6.45) is 12.2. The fraction of sp³-hybridized carbons (Fsp3) is 0.468. The number of nitrogens with one attached hydrogen (secondary N) is 4. The average Bonchev–Trinajstić information content (AvgIpc) is 4.16. The van der Waals surface area contributed by atoms with Crippen LogP contribution in [0.4, 0.5) is 5.82 Å². The van der Waals surface area contributed by atoms with Gasteiger partial charge in [0.15, 0.2) is 10.8 Å². The van der Waals surface area contributed by atoms with Gasteiger partial charge in [0, 0.05) is 32.8 Å². The number of H-pyrrole nitrogens is 1. The van der Waals surface area contributed by atoms with E-state index < -0.39 is 12.1 Å². The van der Waals surface area contributed by atoms with Gasteiger partial charge >= 0.3 is 0 Å². The monoisotopic (exact) mass is 888 g/mol. The van der Waals surface area contributed by atoms with Gasteiger partial charge in [-0.25, -0.2) is 9.97 Å². The maximum atomic E-state index is 13.4. The lowest BCUT2D eigenvalue weighted by molar-refractivity contribution is -0.138. The molecule has 2 aliphatic rings. The zero-order chi connectivity index (χ0) is 46.7. The number of rotatable bonds is 11. The summed E-state index contributed by atoms with van der Waals surface area (Å²) < 4.78 is 6.28. The highest BCUT2D eigenvalue weighted by Gasteiger charge is 2.37. The molecule has 0 aliphatic carbocycles. The Balaban J connectivity index is 0.000000450. The molecule has 2 fully saturated rings. The lowest BCUT2D eigenvalue weighted by Gasteiger charge is -2.28. The van der Waals surface area contributed by atoms with Crippen LogP contribution in [0.5, 0.6) is 0 Å². The third-order valence-electron chi connectivity index (χ3n) is 9.17. The molecule has 15 nitrogen and oxygen atoms in total. The van der Waals surface area contributed by atoms with Crippen LogP contribution in [0.3, 0.4) is 0 Å². The largest absolute Gasteiger partial charge is 0.465 e. The summed E-state index contributed by atoms with van der Waals surface area (Å²) in [6, 6.07) is 16.8. The molecule has 0 radical (unpaired) electrons. The number of aromatic amines is 1. The first-order valence-corrected chi connectivity index (χ1v) is 22.8.